The van der Waals surface area contributed by atoms with Crippen molar-refractivity contribution in [2.45, 2.75) is 12.8 Å². The third-order valence-corrected chi connectivity index (χ3v) is 4.92. The number of morpholine rings is 1. The first kappa shape index (κ1) is 17.2. The zero-order valence-corrected chi connectivity index (χ0v) is 13.8. The number of aliphatic hydroxyl groups is 1. The lowest BCUT2D eigenvalue weighted by molar-refractivity contribution is -0.130. The number of aliphatic hydroxyl groups excluding tert-OH is 1. The van der Waals surface area contributed by atoms with Crippen LogP contribution in [0.1, 0.15) is 12.2 Å². The van der Waals surface area contributed by atoms with E-state index in [1.807, 2.05) is 4.90 Å². The number of nitrogens with zero attached hydrogens (tertiary/aromatic N) is 2. The van der Waals surface area contributed by atoms with Crippen LogP contribution in [-0.4, -0.2) is 78.5 Å². The Bertz CT molecular complexity index is 593. The molecular weight excluding hydrogens is 314 g/mol. The molecule has 0 saturated carbocycles. The van der Waals surface area contributed by atoms with Gasteiger partial charge < -0.3 is 19.3 Å². The zero-order chi connectivity index (χ0) is 16.9. The number of hydrogen-bond donors (Lipinski definition) is 2. The fraction of sp³-hybridized carbons (Fsp3) is 0.750. The number of carbonyl (C=O) groups is 1. The van der Waals surface area contributed by atoms with E-state index in [1.54, 1.807) is 0 Å². The van der Waals surface area contributed by atoms with Gasteiger partial charge in [0.05, 0.1) is 13.2 Å². The van der Waals surface area contributed by atoms with Gasteiger partial charge in [0.2, 0.25) is 5.91 Å². The Morgan fingerprint density at radius 2 is 2.04 bits per heavy atom. The maximum absolute atomic E-state index is 12.4. The molecule has 2 saturated heterocycles. The third-order valence-electron chi connectivity index (χ3n) is 4.92. The minimum atomic E-state index is -0.287. The van der Waals surface area contributed by atoms with Gasteiger partial charge in [0, 0.05) is 64.2 Å². The van der Waals surface area contributed by atoms with Crippen LogP contribution in [0.15, 0.2) is 15.4 Å². The van der Waals surface area contributed by atoms with E-state index >= 15 is 0 Å². The molecule has 8 nitrogen and oxygen atoms in total. The first-order valence-corrected chi connectivity index (χ1v) is 8.52. The monoisotopic (exact) mass is 339 g/mol. The highest BCUT2D eigenvalue weighted by Gasteiger charge is 2.35. The molecule has 2 aliphatic heterocycles. The van der Waals surface area contributed by atoms with E-state index in [2.05, 4.69) is 10.1 Å². The van der Waals surface area contributed by atoms with Gasteiger partial charge in [-0.1, -0.05) is 0 Å². The molecule has 0 bridgehead atoms. The summed E-state index contributed by atoms with van der Waals surface area (Å²) in [5.41, 5.74) is -0.287. The molecule has 0 aliphatic carbocycles. The van der Waals surface area contributed by atoms with Crippen LogP contribution < -0.4 is 5.56 Å². The van der Waals surface area contributed by atoms with Gasteiger partial charge in [0.15, 0.2) is 0 Å². The Morgan fingerprint density at radius 1 is 1.29 bits per heavy atom. The van der Waals surface area contributed by atoms with Gasteiger partial charge in [-0.3, -0.25) is 14.5 Å². The number of ether oxygens (including phenoxy) is 1. The lowest BCUT2D eigenvalue weighted by atomic mass is 9.96. The van der Waals surface area contributed by atoms with Gasteiger partial charge in [-0.15, -0.1) is 0 Å². The van der Waals surface area contributed by atoms with Gasteiger partial charge in [0.1, 0.15) is 5.76 Å². The Kier molecular flexibility index (Phi) is 5.70. The molecule has 1 amide bonds. The molecule has 8 heteroatoms. The van der Waals surface area contributed by atoms with Crippen LogP contribution in [-0.2, 0) is 16.0 Å². The number of likely N-dealkylation sites (tertiary alicyclic amines) is 1. The fourth-order valence-corrected chi connectivity index (χ4v) is 3.50. The van der Waals surface area contributed by atoms with Crippen molar-refractivity contribution in [2.24, 2.45) is 11.8 Å². The Balaban J connectivity index is 1.50. The standard InChI is InChI=1S/C16H25N3O5/c20-11-13-10-19(9-12(13)8-18-3-5-23-6-4-18)16(22)2-1-14-7-15(21)17-24-14/h7,12-13,20H,1-6,8-11H2,(H,17,21)/t12-,13-/m0/s1. The minimum Gasteiger partial charge on any atom is -0.396 e. The predicted molar refractivity (Wildman–Crippen MR) is 85.6 cm³/mol. The lowest BCUT2D eigenvalue weighted by Gasteiger charge is -2.30. The molecule has 24 heavy (non-hydrogen) atoms. The summed E-state index contributed by atoms with van der Waals surface area (Å²) in [4.78, 5) is 27.6. The number of aromatic nitrogens is 1. The van der Waals surface area contributed by atoms with Crippen LogP contribution in [0.3, 0.4) is 0 Å². The number of aromatic amines is 1. The number of amides is 1. The largest absolute Gasteiger partial charge is 0.396 e. The van der Waals surface area contributed by atoms with Crippen LogP contribution >= 0.6 is 0 Å². The zero-order valence-electron chi connectivity index (χ0n) is 13.8. The van der Waals surface area contributed by atoms with Crippen molar-refractivity contribution in [1.82, 2.24) is 15.0 Å². The van der Waals surface area contributed by atoms with E-state index in [-0.39, 0.29) is 24.0 Å². The van der Waals surface area contributed by atoms with Crippen molar-refractivity contribution >= 4 is 5.91 Å². The molecule has 2 aliphatic rings. The first-order chi connectivity index (χ1) is 11.7. The quantitative estimate of drug-likeness (QED) is 0.711. The van der Waals surface area contributed by atoms with Crippen molar-refractivity contribution in [3.8, 4) is 0 Å². The van der Waals surface area contributed by atoms with Crippen molar-refractivity contribution < 1.29 is 19.2 Å². The molecule has 1 aromatic rings. The van der Waals surface area contributed by atoms with Gasteiger partial charge in [-0.05, 0) is 5.92 Å². The van der Waals surface area contributed by atoms with E-state index < -0.39 is 0 Å². The number of nitrogens with one attached hydrogen (secondary N) is 1. The summed E-state index contributed by atoms with van der Waals surface area (Å²) in [5, 5.41) is 11.9. The lowest BCUT2D eigenvalue weighted by Crippen LogP contribution is -2.41. The fourth-order valence-electron chi connectivity index (χ4n) is 3.50. The molecule has 1 aromatic heterocycles. The molecule has 3 rings (SSSR count). The van der Waals surface area contributed by atoms with E-state index in [1.165, 1.54) is 6.07 Å². The summed E-state index contributed by atoms with van der Waals surface area (Å²) in [6.07, 6.45) is 0.717. The summed E-state index contributed by atoms with van der Waals surface area (Å²) < 4.78 is 10.3. The van der Waals surface area contributed by atoms with Crippen LogP contribution in [0.25, 0.3) is 0 Å². The molecule has 0 radical (unpaired) electrons. The normalized spacial score (nSPS) is 25.3. The second kappa shape index (κ2) is 7.96. The Labute approximate surface area is 140 Å². The van der Waals surface area contributed by atoms with Crippen molar-refractivity contribution in [3.05, 3.63) is 22.2 Å². The van der Waals surface area contributed by atoms with Crippen LogP contribution in [0, 0.1) is 11.8 Å². The molecule has 2 atom stereocenters. The van der Waals surface area contributed by atoms with Crippen molar-refractivity contribution in [3.63, 3.8) is 0 Å². The summed E-state index contributed by atoms with van der Waals surface area (Å²) in [5.74, 6) is 0.960. The number of aryl methyl sites for hydroxylation is 1. The molecule has 0 unspecified atom stereocenters. The maximum atomic E-state index is 12.4. The molecule has 2 N–H and O–H groups in total. The smallest absolute Gasteiger partial charge is 0.280 e. The van der Waals surface area contributed by atoms with Crippen LogP contribution in [0.5, 0.6) is 0 Å². The third kappa shape index (κ3) is 4.25. The summed E-state index contributed by atoms with van der Waals surface area (Å²) in [6.45, 7) is 5.60. The topological polar surface area (TPSA) is 99.0 Å². The molecule has 0 spiro atoms. The Hall–Kier alpha value is -1.64. The summed E-state index contributed by atoms with van der Waals surface area (Å²) in [6, 6.07) is 1.37. The molecule has 2 fully saturated rings. The summed E-state index contributed by atoms with van der Waals surface area (Å²) >= 11 is 0. The van der Waals surface area contributed by atoms with Crippen molar-refractivity contribution in [1.29, 1.82) is 0 Å². The van der Waals surface area contributed by atoms with Crippen molar-refractivity contribution in [2.75, 3.05) is 52.5 Å². The van der Waals surface area contributed by atoms with Gasteiger partial charge >= 0.3 is 0 Å². The summed E-state index contributed by atoms with van der Waals surface area (Å²) in [7, 11) is 0. The Morgan fingerprint density at radius 3 is 2.71 bits per heavy atom. The van der Waals surface area contributed by atoms with Crippen LogP contribution in [0.2, 0.25) is 0 Å². The van der Waals surface area contributed by atoms with E-state index in [9.17, 15) is 14.7 Å². The highest BCUT2D eigenvalue weighted by Crippen LogP contribution is 2.25. The SMILES string of the molecule is O=C(CCc1cc(=O)[nH]o1)N1C[C@@H](CO)[C@@H](CN2CCOCC2)C1. The van der Waals surface area contributed by atoms with Gasteiger partial charge in [-0.25, -0.2) is 0 Å². The number of hydrogen-bond acceptors (Lipinski definition) is 6. The predicted octanol–water partition coefficient (Wildman–Crippen LogP) is -0.700. The van der Waals surface area contributed by atoms with Gasteiger partial charge in [0.25, 0.3) is 5.56 Å². The van der Waals surface area contributed by atoms with Gasteiger partial charge in [-0.2, -0.15) is 5.16 Å². The highest BCUT2D eigenvalue weighted by atomic mass is 16.5. The molecule has 134 valence electrons. The van der Waals surface area contributed by atoms with E-state index in [0.29, 0.717) is 37.6 Å². The first-order valence-electron chi connectivity index (χ1n) is 8.52. The highest BCUT2D eigenvalue weighted by molar-refractivity contribution is 5.76. The molecule has 0 aromatic carbocycles. The minimum absolute atomic E-state index is 0.0433. The number of rotatable bonds is 6. The molecular formula is C16H25N3O5. The van der Waals surface area contributed by atoms with E-state index in [0.717, 1.165) is 32.8 Å². The second-order valence-electron chi connectivity index (χ2n) is 6.59. The van der Waals surface area contributed by atoms with E-state index in [4.69, 9.17) is 9.26 Å². The maximum Gasteiger partial charge on any atom is 0.280 e. The van der Waals surface area contributed by atoms with Crippen LogP contribution in [0.4, 0.5) is 0 Å². The average Bonchev–Trinajstić information content (AvgIpc) is 3.19. The second-order valence-corrected chi connectivity index (χ2v) is 6.59. The number of H-pyrrole nitrogens is 1. The number of carbonyl (C=O) groups excluding carboxylic acids is 1. The molecule has 3 heterocycles. The average molecular weight is 339 g/mol.